The Labute approximate surface area is 201 Å². The molecule has 33 heavy (non-hydrogen) atoms. The summed E-state index contributed by atoms with van der Waals surface area (Å²) in [6.07, 6.45) is 2.73. The second kappa shape index (κ2) is 10.3. The van der Waals surface area contributed by atoms with E-state index in [1.807, 2.05) is 67.2 Å². The van der Waals surface area contributed by atoms with Crippen molar-refractivity contribution in [1.82, 2.24) is 19.4 Å². The van der Waals surface area contributed by atoms with Gasteiger partial charge < -0.3 is 9.88 Å². The number of hydrogen-bond acceptors (Lipinski definition) is 4. The van der Waals surface area contributed by atoms with Crippen molar-refractivity contribution in [2.45, 2.75) is 31.6 Å². The van der Waals surface area contributed by atoms with Crippen LogP contribution >= 0.6 is 23.4 Å². The molecule has 0 aliphatic heterocycles. The largest absolute Gasteiger partial charge is 0.351 e. The van der Waals surface area contributed by atoms with E-state index >= 15 is 0 Å². The Bertz CT molecular complexity index is 1330. The van der Waals surface area contributed by atoms with Gasteiger partial charge in [-0.1, -0.05) is 72.8 Å². The number of fused-ring (bicyclic) bond motifs is 1. The fourth-order valence-electron chi connectivity index (χ4n) is 3.69. The predicted octanol–water partition coefficient (Wildman–Crippen LogP) is 4.87. The predicted molar refractivity (Wildman–Crippen MR) is 135 cm³/mol. The minimum atomic E-state index is -0.122. The van der Waals surface area contributed by atoms with Crippen molar-refractivity contribution in [3.8, 4) is 11.1 Å². The molecule has 4 rings (SSSR count). The van der Waals surface area contributed by atoms with Crippen LogP contribution in [0.1, 0.15) is 18.9 Å². The van der Waals surface area contributed by atoms with Crippen LogP contribution in [0.25, 0.3) is 22.2 Å². The topological polar surface area (TPSA) is 68.9 Å². The van der Waals surface area contributed by atoms with E-state index < -0.39 is 0 Å². The first-order valence-corrected chi connectivity index (χ1v) is 12.1. The molecule has 0 bridgehead atoms. The molecule has 0 saturated carbocycles. The van der Waals surface area contributed by atoms with Crippen molar-refractivity contribution in [2.75, 3.05) is 5.75 Å². The summed E-state index contributed by atoms with van der Waals surface area (Å²) in [5.41, 5.74) is 4.01. The average Bonchev–Trinajstić information content (AvgIpc) is 3.16. The highest BCUT2D eigenvalue weighted by Gasteiger charge is 2.19. The molecule has 2 heterocycles. The van der Waals surface area contributed by atoms with Gasteiger partial charge in [0, 0.05) is 36.9 Å². The fraction of sp³-hybridized carbons (Fsp3) is 0.240. The third kappa shape index (κ3) is 5.15. The van der Waals surface area contributed by atoms with Gasteiger partial charge in [-0.25, -0.2) is 4.98 Å². The van der Waals surface area contributed by atoms with E-state index in [1.54, 1.807) is 16.7 Å². The van der Waals surface area contributed by atoms with Crippen LogP contribution in [-0.4, -0.2) is 25.8 Å². The molecule has 1 amide bonds. The van der Waals surface area contributed by atoms with Gasteiger partial charge in [0.1, 0.15) is 11.0 Å². The summed E-state index contributed by atoms with van der Waals surface area (Å²) in [6, 6.07) is 17.3. The molecule has 0 radical (unpaired) electrons. The molecular weight excluding hydrogens is 456 g/mol. The fourth-order valence-corrected chi connectivity index (χ4v) is 4.67. The summed E-state index contributed by atoms with van der Waals surface area (Å²) in [6.45, 7) is 2.98. The molecule has 6 nitrogen and oxygen atoms in total. The summed E-state index contributed by atoms with van der Waals surface area (Å²) in [5.74, 6) is 0.0478. The van der Waals surface area contributed by atoms with Crippen molar-refractivity contribution in [1.29, 1.82) is 0 Å². The van der Waals surface area contributed by atoms with Crippen molar-refractivity contribution < 1.29 is 4.79 Å². The maximum absolute atomic E-state index is 13.4. The maximum atomic E-state index is 13.4. The first kappa shape index (κ1) is 23.1. The van der Waals surface area contributed by atoms with Gasteiger partial charge in [0.05, 0.1) is 5.75 Å². The summed E-state index contributed by atoms with van der Waals surface area (Å²) >= 11 is 7.20. The van der Waals surface area contributed by atoms with E-state index in [0.717, 1.165) is 23.1 Å². The Hall–Kier alpha value is -3.03. The zero-order valence-electron chi connectivity index (χ0n) is 18.5. The number of aromatic nitrogens is 3. The minimum Gasteiger partial charge on any atom is -0.351 e. The second-order valence-electron chi connectivity index (χ2n) is 7.76. The Morgan fingerprint density at radius 1 is 1.12 bits per heavy atom. The third-order valence-electron chi connectivity index (χ3n) is 5.31. The smallest absolute Gasteiger partial charge is 0.278 e. The first-order chi connectivity index (χ1) is 16.0. The van der Waals surface area contributed by atoms with Gasteiger partial charge in [-0.3, -0.25) is 14.2 Å². The number of rotatable bonds is 8. The number of benzene rings is 2. The van der Waals surface area contributed by atoms with Crippen LogP contribution in [0.5, 0.6) is 0 Å². The van der Waals surface area contributed by atoms with Gasteiger partial charge in [-0.05, 0) is 29.7 Å². The van der Waals surface area contributed by atoms with Crippen LogP contribution in [0.15, 0.2) is 70.7 Å². The van der Waals surface area contributed by atoms with E-state index in [4.69, 9.17) is 16.6 Å². The number of carbonyl (C=O) groups excluding carboxylic acids is 1. The average molecular weight is 481 g/mol. The number of amides is 1. The number of nitrogens with zero attached hydrogens (tertiary/aromatic N) is 3. The first-order valence-electron chi connectivity index (χ1n) is 10.8. The molecule has 1 N–H and O–H groups in total. The molecular formula is C25H25ClN4O2S. The molecule has 2 aromatic heterocycles. The maximum Gasteiger partial charge on any atom is 0.278 e. The SMILES string of the molecule is CCCn1c(SCC(=O)NCc2ccc(Cl)cc2)nc2c(-c3ccccc3)cn(C)c2c1=O. The van der Waals surface area contributed by atoms with Gasteiger partial charge in [0.2, 0.25) is 5.91 Å². The lowest BCUT2D eigenvalue weighted by Gasteiger charge is -2.12. The number of nitrogens with one attached hydrogen (secondary N) is 1. The highest BCUT2D eigenvalue weighted by Crippen LogP contribution is 2.29. The second-order valence-corrected chi connectivity index (χ2v) is 9.14. The molecule has 8 heteroatoms. The van der Waals surface area contributed by atoms with Crippen molar-refractivity contribution in [2.24, 2.45) is 7.05 Å². The Balaban J connectivity index is 1.60. The van der Waals surface area contributed by atoms with Gasteiger partial charge in [0.25, 0.3) is 5.56 Å². The van der Waals surface area contributed by atoms with Crippen molar-refractivity contribution in [3.63, 3.8) is 0 Å². The summed E-state index contributed by atoms with van der Waals surface area (Å²) in [4.78, 5) is 30.7. The number of aryl methyl sites for hydroxylation is 1. The highest BCUT2D eigenvalue weighted by atomic mass is 35.5. The summed E-state index contributed by atoms with van der Waals surface area (Å²) in [5, 5.41) is 4.13. The van der Waals surface area contributed by atoms with Crippen LogP contribution in [0.3, 0.4) is 0 Å². The lowest BCUT2D eigenvalue weighted by Crippen LogP contribution is -2.27. The lowest BCUT2D eigenvalue weighted by atomic mass is 10.1. The molecule has 0 saturated heterocycles. The normalized spacial score (nSPS) is 11.1. The Morgan fingerprint density at radius 3 is 2.55 bits per heavy atom. The minimum absolute atomic E-state index is 0.0874. The van der Waals surface area contributed by atoms with Crippen LogP contribution in [-0.2, 0) is 24.9 Å². The molecule has 0 fully saturated rings. The number of thioether (sulfide) groups is 1. The quantitative estimate of drug-likeness (QED) is 0.288. The van der Waals surface area contributed by atoms with E-state index in [1.165, 1.54) is 11.8 Å². The standard InChI is InChI=1S/C25H25ClN4O2S/c1-3-13-30-24(32)23-22(20(15-29(23)2)18-7-5-4-6-8-18)28-25(30)33-16-21(31)27-14-17-9-11-19(26)12-10-17/h4-12,15H,3,13-14,16H2,1-2H3,(H,27,31). The zero-order chi connectivity index (χ0) is 23.4. The van der Waals surface area contributed by atoms with Crippen LogP contribution in [0.4, 0.5) is 0 Å². The Morgan fingerprint density at radius 2 is 1.85 bits per heavy atom. The molecule has 2 aromatic carbocycles. The van der Waals surface area contributed by atoms with Crippen molar-refractivity contribution >= 4 is 40.3 Å². The third-order valence-corrected chi connectivity index (χ3v) is 6.54. The van der Waals surface area contributed by atoms with E-state index in [9.17, 15) is 9.59 Å². The van der Waals surface area contributed by atoms with Crippen molar-refractivity contribution in [3.05, 3.63) is 81.7 Å². The van der Waals surface area contributed by atoms with Gasteiger partial charge in [0.15, 0.2) is 5.16 Å². The summed E-state index contributed by atoms with van der Waals surface area (Å²) < 4.78 is 3.51. The lowest BCUT2D eigenvalue weighted by molar-refractivity contribution is -0.118. The van der Waals surface area contributed by atoms with Crippen LogP contribution < -0.4 is 10.9 Å². The summed E-state index contributed by atoms with van der Waals surface area (Å²) in [7, 11) is 1.87. The monoisotopic (exact) mass is 480 g/mol. The van der Waals surface area contributed by atoms with E-state index in [0.29, 0.717) is 34.3 Å². The van der Waals surface area contributed by atoms with E-state index in [2.05, 4.69) is 5.32 Å². The number of halogens is 1. The molecule has 4 aromatic rings. The van der Waals surface area contributed by atoms with Gasteiger partial charge >= 0.3 is 0 Å². The molecule has 0 atom stereocenters. The highest BCUT2D eigenvalue weighted by molar-refractivity contribution is 7.99. The van der Waals surface area contributed by atoms with Crippen LogP contribution in [0.2, 0.25) is 5.02 Å². The van der Waals surface area contributed by atoms with Gasteiger partial charge in [-0.2, -0.15) is 0 Å². The molecule has 0 spiro atoms. The van der Waals surface area contributed by atoms with E-state index in [-0.39, 0.29) is 17.2 Å². The molecule has 0 aliphatic carbocycles. The number of hydrogen-bond donors (Lipinski definition) is 1. The van der Waals surface area contributed by atoms with Gasteiger partial charge in [-0.15, -0.1) is 0 Å². The molecule has 0 aliphatic rings. The molecule has 170 valence electrons. The molecule has 0 unspecified atom stereocenters. The van der Waals surface area contributed by atoms with Crippen LogP contribution in [0, 0.1) is 0 Å². The Kier molecular flexibility index (Phi) is 7.20. The number of carbonyl (C=O) groups is 1. The zero-order valence-corrected chi connectivity index (χ0v) is 20.1.